The fourth-order valence-corrected chi connectivity index (χ4v) is 2.23. The molecule has 106 valence electrons. The maximum absolute atomic E-state index is 11.6. The molecule has 3 N–H and O–H groups in total. The highest BCUT2D eigenvalue weighted by Gasteiger charge is 2.24. The van der Waals surface area contributed by atoms with Gasteiger partial charge in [-0.25, -0.2) is 0 Å². The SMILES string of the molecule is COCC(O)CN(C)C(C(N)=O)c1ccc(Br)cc1. The Labute approximate surface area is 121 Å². The maximum Gasteiger partial charge on any atom is 0.239 e. The highest BCUT2D eigenvalue weighted by molar-refractivity contribution is 9.10. The first-order valence-electron chi connectivity index (χ1n) is 5.87. The number of carbonyl (C=O) groups is 1. The standard InChI is InChI=1S/C13H19BrN2O3/c1-16(7-11(17)8-19-2)12(13(15)18)9-3-5-10(14)6-4-9/h3-6,11-12,17H,7-8H2,1-2H3,(H2,15,18). The second kappa shape index (κ2) is 7.59. The van der Waals surface area contributed by atoms with Crippen molar-refractivity contribution in [2.24, 2.45) is 5.73 Å². The van der Waals surface area contributed by atoms with Crippen molar-refractivity contribution in [3.8, 4) is 0 Å². The number of aliphatic hydroxyl groups is 1. The largest absolute Gasteiger partial charge is 0.389 e. The minimum absolute atomic E-state index is 0.218. The van der Waals surface area contributed by atoms with Gasteiger partial charge in [0.1, 0.15) is 6.04 Å². The van der Waals surface area contributed by atoms with Crippen molar-refractivity contribution < 1.29 is 14.6 Å². The lowest BCUT2D eigenvalue weighted by Gasteiger charge is -2.27. The molecular weight excluding hydrogens is 312 g/mol. The van der Waals surface area contributed by atoms with Crippen LogP contribution in [0.25, 0.3) is 0 Å². The zero-order valence-corrected chi connectivity index (χ0v) is 12.6. The molecule has 1 amide bonds. The zero-order chi connectivity index (χ0) is 14.4. The summed E-state index contributed by atoms with van der Waals surface area (Å²) in [4.78, 5) is 13.3. The Bertz CT molecular complexity index is 411. The summed E-state index contributed by atoms with van der Waals surface area (Å²) in [5.41, 5.74) is 6.25. The lowest BCUT2D eigenvalue weighted by molar-refractivity contribution is -0.123. The zero-order valence-electron chi connectivity index (χ0n) is 11.0. The Morgan fingerprint density at radius 1 is 1.47 bits per heavy atom. The molecule has 0 saturated carbocycles. The van der Waals surface area contributed by atoms with Crippen molar-refractivity contribution in [3.05, 3.63) is 34.3 Å². The summed E-state index contributed by atoms with van der Waals surface area (Å²) in [6, 6.07) is 6.80. The molecule has 1 rings (SSSR count). The molecule has 0 fully saturated rings. The third kappa shape index (κ3) is 4.91. The Balaban J connectivity index is 2.82. The number of amides is 1. The van der Waals surface area contributed by atoms with E-state index in [-0.39, 0.29) is 6.61 Å². The van der Waals surface area contributed by atoms with Gasteiger partial charge in [0.2, 0.25) is 5.91 Å². The Kier molecular flexibility index (Phi) is 6.44. The van der Waals surface area contributed by atoms with Crippen LogP contribution in [0.15, 0.2) is 28.7 Å². The molecule has 2 unspecified atom stereocenters. The summed E-state index contributed by atoms with van der Waals surface area (Å²) in [6.45, 7) is 0.521. The van der Waals surface area contributed by atoms with E-state index in [0.717, 1.165) is 10.0 Å². The fraction of sp³-hybridized carbons (Fsp3) is 0.462. The molecule has 2 atom stereocenters. The Morgan fingerprint density at radius 2 is 2.05 bits per heavy atom. The van der Waals surface area contributed by atoms with Crippen molar-refractivity contribution in [3.63, 3.8) is 0 Å². The van der Waals surface area contributed by atoms with E-state index in [1.807, 2.05) is 24.3 Å². The number of halogens is 1. The third-order valence-electron chi connectivity index (χ3n) is 2.75. The van der Waals surface area contributed by atoms with Crippen molar-refractivity contribution in [2.75, 3.05) is 27.3 Å². The van der Waals surface area contributed by atoms with Crippen LogP contribution >= 0.6 is 15.9 Å². The van der Waals surface area contributed by atoms with Crippen molar-refractivity contribution in [2.45, 2.75) is 12.1 Å². The number of methoxy groups -OCH3 is 1. The summed E-state index contributed by atoms with van der Waals surface area (Å²) in [6.07, 6.45) is -0.660. The lowest BCUT2D eigenvalue weighted by atomic mass is 10.0. The molecule has 0 saturated heterocycles. The van der Waals surface area contributed by atoms with E-state index in [1.54, 1.807) is 11.9 Å². The highest BCUT2D eigenvalue weighted by Crippen LogP contribution is 2.21. The van der Waals surface area contributed by atoms with E-state index in [2.05, 4.69) is 15.9 Å². The number of hydrogen-bond donors (Lipinski definition) is 2. The van der Waals surface area contributed by atoms with Crippen LogP contribution in [-0.4, -0.2) is 49.3 Å². The molecule has 0 aliphatic rings. The number of carbonyl (C=O) groups excluding carboxylic acids is 1. The van der Waals surface area contributed by atoms with E-state index < -0.39 is 18.1 Å². The molecular formula is C13H19BrN2O3. The lowest BCUT2D eigenvalue weighted by Crippen LogP contribution is -2.40. The first-order valence-corrected chi connectivity index (χ1v) is 6.67. The van der Waals surface area contributed by atoms with Crippen LogP contribution in [0.1, 0.15) is 11.6 Å². The normalized spacial score (nSPS) is 14.4. The van der Waals surface area contributed by atoms with E-state index >= 15 is 0 Å². The van der Waals surface area contributed by atoms with Crippen LogP contribution in [0.4, 0.5) is 0 Å². The number of nitrogens with two attached hydrogens (primary N) is 1. The molecule has 0 aromatic heterocycles. The van der Waals surface area contributed by atoms with Gasteiger partial charge in [0.05, 0.1) is 12.7 Å². The summed E-state index contributed by atoms with van der Waals surface area (Å²) < 4.78 is 5.80. The molecule has 6 heteroatoms. The van der Waals surface area contributed by atoms with Crippen LogP contribution in [-0.2, 0) is 9.53 Å². The highest BCUT2D eigenvalue weighted by atomic mass is 79.9. The Morgan fingerprint density at radius 3 is 2.53 bits per heavy atom. The number of nitrogens with zero attached hydrogens (tertiary/aromatic N) is 1. The third-order valence-corrected chi connectivity index (χ3v) is 3.28. The van der Waals surface area contributed by atoms with Crippen molar-refractivity contribution in [1.82, 2.24) is 4.90 Å². The second-order valence-electron chi connectivity index (χ2n) is 4.41. The predicted molar refractivity (Wildman–Crippen MR) is 76.6 cm³/mol. The molecule has 0 aliphatic heterocycles. The fourth-order valence-electron chi connectivity index (χ4n) is 1.96. The predicted octanol–water partition coefficient (Wildman–Crippen LogP) is 0.915. The van der Waals surface area contributed by atoms with Gasteiger partial charge in [-0.2, -0.15) is 0 Å². The number of likely N-dealkylation sites (N-methyl/N-ethyl adjacent to an activating group) is 1. The van der Waals surface area contributed by atoms with Crippen LogP contribution in [0.3, 0.4) is 0 Å². The van der Waals surface area contributed by atoms with Gasteiger partial charge < -0.3 is 15.6 Å². The maximum atomic E-state index is 11.6. The molecule has 1 aromatic rings. The second-order valence-corrected chi connectivity index (χ2v) is 5.32. The van der Waals surface area contributed by atoms with Gasteiger partial charge in [-0.05, 0) is 24.7 Å². The molecule has 0 spiro atoms. The van der Waals surface area contributed by atoms with Crippen LogP contribution < -0.4 is 5.73 Å². The van der Waals surface area contributed by atoms with Gasteiger partial charge in [0, 0.05) is 18.1 Å². The number of rotatable bonds is 7. The summed E-state index contributed by atoms with van der Waals surface area (Å²) in [7, 11) is 3.26. The van der Waals surface area contributed by atoms with Crippen molar-refractivity contribution >= 4 is 21.8 Å². The van der Waals surface area contributed by atoms with Gasteiger partial charge in [-0.3, -0.25) is 9.69 Å². The molecule has 0 heterocycles. The smallest absolute Gasteiger partial charge is 0.239 e. The van der Waals surface area contributed by atoms with Gasteiger partial charge in [0.25, 0.3) is 0 Å². The summed E-state index contributed by atoms with van der Waals surface area (Å²) >= 11 is 3.34. The van der Waals surface area contributed by atoms with E-state index in [1.165, 1.54) is 7.11 Å². The minimum Gasteiger partial charge on any atom is -0.389 e. The minimum atomic E-state index is -0.660. The molecule has 5 nitrogen and oxygen atoms in total. The van der Waals surface area contributed by atoms with Crippen LogP contribution in [0.2, 0.25) is 0 Å². The topological polar surface area (TPSA) is 75.8 Å². The van der Waals surface area contributed by atoms with E-state index in [0.29, 0.717) is 6.54 Å². The van der Waals surface area contributed by atoms with E-state index in [9.17, 15) is 9.90 Å². The van der Waals surface area contributed by atoms with Crippen molar-refractivity contribution in [1.29, 1.82) is 0 Å². The van der Waals surface area contributed by atoms with Gasteiger partial charge in [-0.15, -0.1) is 0 Å². The summed E-state index contributed by atoms with van der Waals surface area (Å²) in [5, 5.41) is 9.71. The van der Waals surface area contributed by atoms with Gasteiger partial charge >= 0.3 is 0 Å². The average molecular weight is 331 g/mol. The molecule has 1 aromatic carbocycles. The van der Waals surface area contributed by atoms with E-state index in [4.69, 9.17) is 10.5 Å². The van der Waals surface area contributed by atoms with Crippen LogP contribution in [0.5, 0.6) is 0 Å². The molecule has 19 heavy (non-hydrogen) atoms. The number of hydrogen-bond acceptors (Lipinski definition) is 4. The number of primary amides is 1. The molecule has 0 radical (unpaired) electrons. The first-order chi connectivity index (χ1) is 8.95. The first kappa shape index (κ1) is 16.1. The van der Waals surface area contributed by atoms with Crippen LogP contribution in [0, 0.1) is 0 Å². The number of ether oxygens (including phenoxy) is 1. The molecule has 0 aliphatic carbocycles. The average Bonchev–Trinajstić information content (AvgIpc) is 2.31. The molecule has 0 bridgehead atoms. The summed E-state index contributed by atoms with van der Waals surface area (Å²) in [5.74, 6) is -0.450. The monoisotopic (exact) mass is 330 g/mol. The van der Waals surface area contributed by atoms with Gasteiger partial charge in [0.15, 0.2) is 0 Å². The number of benzene rings is 1. The Hall–Kier alpha value is -0.950. The number of aliphatic hydroxyl groups excluding tert-OH is 1. The quantitative estimate of drug-likeness (QED) is 0.779. The van der Waals surface area contributed by atoms with Gasteiger partial charge in [-0.1, -0.05) is 28.1 Å².